The maximum absolute atomic E-state index is 13.6. The van der Waals surface area contributed by atoms with E-state index in [1.54, 1.807) is 54.7 Å². The minimum Gasteiger partial charge on any atom is -0.493 e. The van der Waals surface area contributed by atoms with Crippen molar-refractivity contribution < 1.29 is 38.0 Å². The number of benzene rings is 2. The van der Waals surface area contributed by atoms with Gasteiger partial charge in [0.1, 0.15) is 10.7 Å². The fourth-order valence-corrected chi connectivity index (χ4v) is 5.44. The molecule has 214 valence electrons. The summed E-state index contributed by atoms with van der Waals surface area (Å²) in [6, 6.07) is 8.39. The van der Waals surface area contributed by atoms with Gasteiger partial charge in [-0.2, -0.15) is 0 Å². The van der Waals surface area contributed by atoms with Crippen molar-refractivity contribution in [1.82, 2.24) is 14.8 Å². The summed E-state index contributed by atoms with van der Waals surface area (Å²) in [6.45, 7) is 1.22. The van der Waals surface area contributed by atoms with E-state index in [0.717, 1.165) is 5.56 Å². The number of carbonyl (C=O) groups excluding carboxylic acids is 2. The first-order chi connectivity index (χ1) is 19.4. The van der Waals surface area contributed by atoms with Crippen LogP contribution in [-0.2, 0) is 4.74 Å². The Morgan fingerprint density at radius 1 is 0.850 bits per heavy atom. The van der Waals surface area contributed by atoms with Gasteiger partial charge >= 0.3 is 0 Å². The van der Waals surface area contributed by atoms with Gasteiger partial charge in [0.2, 0.25) is 5.75 Å². The van der Waals surface area contributed by atoms with Crippen molar-refractivity contribution in [2.45, 2.75) is 6.04 Å². The number of hydrogen-bond donors (Lipinski definition) is 0. The summed E-state index contributed by atoms with van der Waals surface area (Å²) in [5.41, 5.74) is 1.54. The van der Waals surface area contributed by atoms with Crippen LogP contribution in [0, 0.1) is 0 Å². The van der Waals surface area contributed by atoms with Crippen LogP contribution in [0.3, 0.4) is 0 Å². The maximum Gasteiger partial charge on any atom is 0.273 e. The number of thiazole rings is 1. The standard InChI is InChI=1S/C28H33N3O8S/c1-34-15-19-14-30(27(32)18-12-23(37-4)25(39-6)24(13-18)38-5)9-10-31(19)28(33)20-16-40-26(29-20)17-7-8-21(35-2)22(11-17)36-3/h7-8,11-13,16,19H,9-10,14-15H2,1-6H3. The van der Waals surface area contributed by atoms with Gasteiger partial charge in [-0.05, 0) is 30.3 Å². The van der Waals surface area contributed by atoms with Crippen molar-refractivity contribution in [3.63, 3.8) is 0 Å². The van der Waals surface area contributed by atoms with Crippen LogP contribution >= 0.6 is 11.3 Å². The molecule has 4 rings (SSSR count). The lowest BCUT2D eigenvalue weighted by Gasteiger charge is -2.41. The lowest BCUT2D eigenvalue weighted by Crippen LogP contribution is -2.58. The van der Waals surface area contributed by atoms with Crippen LogP contribution < -0.4 is 23.7 Å². The molecule has 1 unspecified atom stereocenters. The quantitative estimate of drug-likeness (QED) is 0.361. The normalized spacial score (nSPS) is 15.0. The molecule has 0 spiro atoms. The number of carbonyl (C=O) groups is 2. The van der Waals surface area contributed by atoms with Gasteiger partial charge in [0, 0.05) is 43.3 Å². The van der Waals surface area contributed by atoms with E-state index < -0.39 is 0 Å². The van der Waals surface area contributed by atoms with E-state index in [1.807, 2.05) is 12.1 Å². The number of methoxy groups -OCH3 is 6. The summed E-state index contributed by atoms with van der Waals surface area (Å²) in [5.74, 6) is 1.95. The Labute approximate surface area is 237 Å². The molecule has 12 heteroatoms. The summed E-state index contributed by atoms with van der Waals surface area (Å²) in [5, 5.41) is 2.43. The molecule has 0 saturated carbocycles. The van der Waals surface area contributed by atoms with Gasteiger partial charge in [-0.1, -0.05) is 0 Å². The number of nitrogens with zero attached hydrogens (tertiary/aromatic N) is 3. The molecular formula is C28H33N3O8S. The number of ether oxygens (including phenoxy) is 6. The lowest BCUT2D eigenvalue weighted by atomic mass is 10.1. The van der Waals surface area contributed by atoms with Gasteiger partial charge in [-0.15, -0.1) is 11.3 Å². The summed E-state index contributed by atoms with van der Waals surface area (Å²) in [6.07, 6.45) is 0. The summed E-state index contributed by atoms with van der Waals surface area (Å²) in [7, 11) is 9.22. The zero-order valence-electron chi connectivity index (χ0n) is 23.4. The van der Waals surface area contributed by atoms with Crippen LogP contribution in [-0.4, -0.2) is 102 Å². The smallest absolute Gasteiger partial charge is 0.273 e. The van der Waals surface area contributed by atoms with E-state index in [4.69, 9.17) is 28.4 Å². The van der Waals surface area contributed by atoms with E-state index in [0.29, 0.717) is 64.6 Å². The highest BCUT2D eigenvalue weighted by atomic mass is 32.1. The Morgan fingerprint density at radius 2 is 1.52 bits per heavy atom. The lowest BCUT2D eigenvalue weighted by molar-refractivity contribution is 0.0198. The molecular weight excluding hydrogens is 538 g/mol. The molecule has 1 fully saturated rings. The second-order valence-electron chi connectivity index (χ2n) is 8.88. The van der Waals surface area contributed by atoms with Gasteiger partial charge in [0.05, 0.1) is 48.2 Å². The van der Waals surface area contributed by atoms with Crippen LogP contribution in [0.25, 0.3) is 10.6 Å². The third-order valence-corrected chi connectivity index (χ3v) is 7.55. The third kappa shape index (κ3) is 5.77. The summed E-state index contributed by atoms with van der Waals surface area (Å²) in [4.78, 5) is 35.1. The molecule has 1 aliphatic heterocycles. The maximum atomic E-state index is 13.6. The highest BCUT2D eigenvalue weighted by Gasteiger charge is 2.35. The Hall–Kier alpha value is -4.03. The van der Waals surface area contributed by atoms with E-state index in [1.165, 1.54) is 32.7 Å². The molecule has 3 aromatic rings. The van der Waals surface area contributed by atoms with Crippen molar-refractivity contribution in [3.8, 4) is 39.3 Å². The minimum atomic E-state index is -0.358. The van der Waals surface area contributed by atoms with Gasteiger partial charge in [-0.3, -0.25) is 9.59 Å². The first-order valence-corrected chi connectivity index (χ1v) is 13.3. The molecule has 11 nitrogen and oxygen atoms in total. The highest BCUT2D eigenvalue weighted by Crippen LogP contribution is 2.39. The fourth-order valence-electron chi connectivity index (χ4n) is 4.65. The predicted octanol–water partition coefficient (Wildman–Crippen LogP) is 3.47. The molecule has 2 amide bonds. The van der Waals surface area contributed by atoms with Crippen LogP contribution in [0.1, 0.15) is 20.8 Å². The second kappa shape index (κ2) is 12.9. The number of piperazine rings is 1. The third-order valence-electron chi connectivity index (χ3n) is 6.66. The molecule has 40 heavy (non-hydrogen) atoms. The zero-order chi connectivity index (χ0) is 28.8. The Kier molecular flexibility index (Phi) is 9.33. The molecule has 2 aromatic carbocycles. The average Bonchev–Trinajstić information content (AvgIpc) is 3.49. The van der Waals surface area contributed by atoms with Crippen molar-refractivity contribution in [2.75, 3.05) is 68.9 Å². The zero-order valence-corrected chi connectivity index (χ0v) is 24.2. The number of rotatable bonds is 10. The largest absolute Gasteiger partial charge is 0.493 e. The summed E-state index contributed by atoms with van der Waals surface area (Å²) < 4.78 is 32.3. The molecule has 0 bridgehead atoms. The Bertz CT molecular complexity index is 1340. The van der Waals surface area contributed by atoms with Crippen molar-refractivity contribution in [1.29, 1.82) is 0 Å². The molecule has 2 heterocycles. The molecule has 1 aliphatic rings. The van der Waals surface area contributed by atoms with Crippen LogP contribution in [0.15, 0.2) is 35.7 Å². The number of hydrogen-bond acceptors (Lipinski definition) is 10. The topological polar surface area (TPSA) is 109 Å². The van der Waals surface area contributed by atoms with Crippen LogP contribution in [0.5, 0.6) is 28.7 Å². The van der Waals surface area contributed by atoms with Crippen LogP contribution in [0.4, 0.5) is 0 Å². The van der Waals surface area contributed by atoms with Crippen molar-refractivity contribution in [3.05, 3.63) is 47.0 Å². The Morgan fingerprint density at radius 3 is 2.12 bits per heavy atom. The number of aromatic nitrogens is 1. The predicted molar refractivity (Wildman–Crippen MR) is 149 cm³/mol. The van der Waals surface area contributed by atoms with Crippen LogP contribution in [0.2, 0.25) is 0 Å². The van der Waals surface area contributed by atoms with Gasteiger partial charge in [0.15, 0.2) is 23.0 Å². The molecule has 1 aromatic heterocycles. The van der Waals surface area contributed by atoms with E-state index in [2.05, 4.69) is 4.98 Å². The van der Waals surface area contributed by atoms with Gasteiger partial charge < -0.3 is 38.2 Å². The monoisotopic (exact) mass is 571 g/mol. The fraction of sp³-hybridized carbons (Fsp3) is 0.393. The molecule has 1 atom stereocenters. The summed E-state index contributed by atoms with van der Waals surface area (Å²) >= 11 is 1.37. The molecule has 1 saturated heterocycles. The van der Waals surface area contributed by atoms with E-state index in [9.17, 15) is 9.59 Å². The molecule has 0 radical (unpaired) electrons. The second-order valence-corrected chi connectivity index (χ2v) is 9.74. The molecule has 0 N–H and O–H groups in total. The Balaban J connectivity index is 1.52. The number of amides is 2. The van der Waals surface area contributed by atoms with Crippen molar-refractivity contribution in [2.24, 2.45) is 0 Å². The first kappa shape index (κ1) is 29.0. The van der Waals surface area contributed by atoms with Gasteiger partial charge in [0.25, 0.3) is 11.8 Å². The minimum absolute atomic E-state index is 0.211. The SMILES string of the molecule is COCC1CN(C(=O)c2cc(OC)c(OC)c(OC)c2)CCN1C(=O)c1csc(-c2ccc(OC)c(OC)c2)n1. The molecule has 0 aliphatic carbocycles. The average molecular weight is 572 g/mol. The van der Waals surface area contributed by atoms with Crippen molar-refractivity contribution >= 4 is 23.2 Å². The highest BCUT2D eigenvalue weighted by molar-refractivity contribution is 7.13. The van der Waals surface area contributed by atoms with E-state index >= 15 is 0 Å². The first-order valence-electron chi connectivity index (χ1n) is 12.5. The van der Waals surface area contributed by atoms with E-state index in [-0.39, 0.29) is 24.5 Å². The van der Waals surface area contributed by atoms with Gasteiger partial charge in [-0.25, -0.2) is 4.98 Å².